The maximum absolute atomic E-state index is 11.2. The monoisotopic (exact) mass is 209 g/mol. The third-order valence-corrected chi connectivity index (χ3v) is 3.24. The number of hydrogen-bond acceptors (Lipinski definition) is 3. The third kappa shape index (κ3) is 3.02. The molecule has 1 heterocycles. The van der Waals surface area contributed by atoms with Crippen LogP contribution >= 0.6 is 0 Å². The maximum atomic E-state index is 11.2. The van der Waals surface area contributed by atoms with Gasteiger partial charge in [-0.1, -0.05) is 25.7 Å². The van der Waals surface area contributed by atoms with E-state index in [1.54, 1.807) is 5.01 Å². The van der Waals surface area contributed by atoms with Gasteiger partial charge in [0, 0.05) is 6.54 Å². The molecule has 4 heteroatoms. The van der Waals surface area contributed by atoms with Crippen LogP contribution in [0.25, 0.3) is 0 Å². The highest BCUT2D eigenvalue weighted by molar-refractivity contribution is 6.27. The lowest BCUT2D eigenvalue weighted by atomic mass is 10.0. The lowest BCUT2D eigenvalue weighted by Crippen LogP contribution is -2.42. The van der Waals surface area contributed by atoms with Crippen molar-refractivity contribution in [2.75, 3.05) is 13.2 Å². The van der Waals surface area contributed by atoms with Crippen molar-refractivity contribution in [2.24, 2.45) is 10.9 Å². The Labute approximate surface area is 90.7 Å². The molecule has 0 unspecified atom stereocenters. The van der Waals surface area contributed by atoms with E-state index in [0.717, 1.165) is 12.5 Å². The lowest BCUT2D eigenvalue weighted by molar-refractivity contribution is -0.125. The highest BCUT2D eigenvalue weighted by atomic mass is 16.2. The molecule has 1 N–H and O–H groups in total. The minimum atomic E-state index is -0.0105. The highest BCUT2D eigenvalue weighted by Gasteiger charge is 2.18. The van der Waals surface area contributed by atoms with Gasteiger partial charge in [0.05, 0.1) is 6.21 Å². The Kier molecular flexibility index (Phi) is 3.72. The molecule has 0 atom stereocenters. The van der Waals surface area contributed by atoms with Crippen LogP contribution in [-0.2, 0) is 4.79 Å². The second-order valence-corrected chi connectivity index (χ2v) is 4.44. The molecule has 1 aliphatic carbocycles. The predicted molar refractivity (Wildman–Crippen MR) is 59.4 cm³/mol. The molecule has 0 aromatic rings. The highest BCUT2D eigenvalue weighted by Crippen LogP contribution is 2.22. The molecule has 1 saturated carbocycles. The van der Waals surface area contributed by atoms with Crippen LogP contribution in [0.1, 0.15) is 38.5 Å². The summed E-state index contributed by atoms with van der Waals surface area (Å²) in [5.74, 6) is 0.726. The number of nitrogens with zero attached hydrogens (tertiary/aromatic N) is 2. The van der Waals surface area contributed by atoms with Gasteiger partial charge in [-0.25, -0.2) is 5.43 Å². The second kappa shape index (κ2) is 5.26. The van der Waals surface area contributed by atoms with Crippen LogP contribution in [0.2, 0.25) is 0 Å². The van der Waals surface area contributed by atoms with E-state index in [-0.39, 0.29) is 5.91 Å². The predicted octanol–water partition coefficient (Wildman–Crippen LogP) is 1.33. The van der Waals surface area contributed by atoms with Crippen LogP contribution < -0.4 is 5.43 Å². The first-order valence-corrected chi connectivity index (χ1v) is 5.91. The van der Waals surface area contributed by atoms with Crippen LogP contribution in [0.15, 0.2) is 4.99 Å². The summed E-state index contributed by atoms with van der Waals surface area (Å²) >= 11 is 0. The summed E-state index contributed by atoms with van der Waals surface area (Å²) in [6.45, 7) is 1.40. The molecule has 1 amide bonds. The van der Waals surface area contributed by atoms with Gasteiger partial charge >= 0.3 is 0 Å². The van der Waals surface area contributed by atoms with Crippen molar-refractivity contribution >= 4 is 12.1 Å². The average molecular weight is 209 g/mol. The molecular weight excluding hydrogens is 190 g/mol. The molecule has 1 aliphatic heterocycles. The van der Waals surface area contributed by atoms with E-state index in [2.05, 4.69) is 10.4 Å². The number of hydrogen-bond donors (Lipinski definition) is 1. The van der Waals surface area contributed by atoms with Crippen molar-refractivity contribution in [1.29, 1.82) is 0 Å². The van der Waals surface area contributed by atoms with Gasteiger partial charge in [-0.3, -0.25) is 14.8 Å². The summed E-state index contributed by atoms with van der Waals surface area (Å²) in [6.07, 6.45) is 9.43. The summed E-state index contributed by atoms with van der Waals surface area (Å²) in [7, 11) is 0. The first kappa shape index (κ1) is 10.6. The first-order valence-electron chi connectivity index (χ1n) is 5.91. The van der Waals surface area contributed by atoms with E-state index in [4.69, 9.17) is 0 Å². The molecule has 0 aromatic carbocycles. The van der Waals surface area contributed by atoms with E-state index in [9.17, 15) is 4.79 Å². The van der Waals surface area contributed by atoms with Gasteiger partial charge in [0.1, 0.15) is 6.67 Å². The molecule has 0 saturated heterocycles. The van der Waals surface area contributed by atoms with Crippen molar-refractivity contribution in [2.45, 2.75) is 38.5 Å². The smallest absolute Gasteiger partial charge is 0.266 e. The minimum Gasteiger partial charge on any atom is -0.266 e. The molecular formula is C11H19N3O. The molecule has 0 spiro atoms. The zero-order valence-corrected chi connectivity index (χ0v) is 9.11. The SMILES string of the molecule is O=C1C=NCN1NCC1CCCCCC1. The second-order valence-electron chi connectivity index (χ2n) is 4.44. The van der Waals surface area contributed by atoms with Crippen LogP contribution in [0.5, 0.6) is 0 Å². The number of nitrogens with one attached hydrogen (secondary N) is 1. The fourth-order valence-electron chi connectivity index (χ4n) is 2.28. The molecule has 2 aliphatic rings. The van der Waals surface area contributed by atoms with E-state index in [1.165, 1.54) is 44.7 Å². The molecule has 84 valence electrons. The van der Waals surface area contributed by atoms with E-state index >= 15 is 0 Å². The zero-order chi connectivity index (χ0) is 10.5. The van der Waals surface area contributed by atoms with Gasteiger partial charge in [-0.05, 0) is 18.8 Å². The van der Waals surface area contributed by atoms with Crippen LogP contribution in [0.3, 0.4) is 0 Å². The molecule has 2 rings (SSSR count). The van der Waals surface area contributed by atoms with E-state index < -0.39 is 0 Å². The molecule has 1 fully saturated rings. The van der Waals surface area contributed by atoms with Gasteiger partial charge in [0.25, 0.3) is 5.91 Å². The summed E-state index contributed by atoms with van der Waals surface area (Å²) in [5, 5.41) is 1.60. The molecule has 0 radical (unpaired) electrons. The topological polar surface area (TPSA) is 44.7 Å². The number of carbonyl (C=O) groups excluding carboxylic acids is 1. The van der Waals surface area contributed by atoms with Gasteiger partial charge in [-0.2, -0.15) is 0 Å². The normalized spacial score (nSPS) is 23.5. The Hall–Kier alpha value is -0.900. The standard InChI is InChI=1S/C11H19N3O/c15-11-8-12-9-14(11)13-7-10-5-3-1-2-4-6-10/h8,10,13H,1-7,9H2. The minimum absolute atomic E-state index is 0.0105. The van der Waals surface area contributed by atoms with Gasteiger partial charge in [0.15, 0.2) is 0 Å². The number of rotatable bonds is 3. The molecule has 0 aromatic heterocycles. The largest absolute Gasteiger partial charge is 0.280 e. The van der Waals surface area contributed by atoms with Gasteiger partial charge in [0.2, 0.25) is 0 Å². The van der Waals surface area contributed by atoms with Crippen molar-refractivity contribution in [3.63, 3.8) is 0 Å². The fraction of sp³-hybridized carbons (Fsp3) is 0.818. The number of carbonyl (C=O) groups is 1. The average Bonchev–Trinajstić information content (AvgIpc) is 2.53. The maximum Gasteiger partial charge on any atom is 0.280 e. The zero-order valence-electron chi connectivity index (χ0n) is 9.11. The van der Waals surface area contributed by atoms with E-state index in [1.807, 2.05) is 0 Å². The third-order valence-electron chi connectivity index (χ3n) is 3.24. The Morgan fingerprint density at radius 1 is 1.33 bits per heavy atom. The molecule has 15 heavy (non-hydrogen) atoms. The Morgan fingerprint density at radius 3 is 2.67 bits per heavy atom. The Balaban J connectivity index is 1.70. The summed E-state index contributed by atoms with van der Waals surface area (Å²) in [6, 6.07) is 0. The number of amides is 1. The quantitative estimate of drug-likeness (QED) is 0.713. The van der Waals surface area contributed by atoms with Gasteiger partial charge < -0.3 is 0 Å². The fourth-order valence-corrected chi connectivity index (χ4v) is 2.28. The van der Waals surface area contributed by atoms with Crippen molar-refractivity contribution in [3.05, 3.63) is 0 Å². The Bertz CT molecular complexity index is 244. The van der Waals surface area contributed by atoms with E-state index in [0.29, 0.717) is 6.67 Å². The number of hydrazine groups is 1. The first-order chi connectivity index (χ1) is 7.36. The van der Waals surface area contributed by atoms with Crippen molar-refractivity contribution in [3.8, 4) is 0 Å². The van der Waals surface area contributed by atoms with Gasteiger partial charge in [-0.15, -0.1) is 0 Å². The Morgan fingerprint density at radius 2 is 2.07 bits per heavy atom. The van der Waals surface area contributed by atoms with Crippen molar-refractivity contribution in [1.82, 2.24) is 10.4 Å². The van der Waals surface area contributed by atoms with Crippen LogP contribution in [-0.4, -0.2) is 30.3 Å². The summed E-state index contributed by atoms with van der Waals surface area (Å²) < 4.78 is 0. The summed E-state index contributed by atoms with van der Waals surface area (Å²) in [4.78, 5) is 15.1. The molecule has 4 nitrogen and oxygen atoms in total. The lowest BCUT2D eigenvalue weighted by Gasteiger charge is -2.20. The van der Waals surface area contributed by atoms with Crippen LogP contribution in [0, 0.1) is 5.92 Å². The number of aliphatic imine (C=N–C) groups is 1. The van der Waals surface area contributed by atoms with Crippen molar-refractivity contribution < 1.29 is 4.79 Å². The summed E-state index contributed by atoms with van der Waals surface area (Å²) in [5.41, 5.74) is 3.19. The molecule has 0 bridgehead atoms. The van der Waals surface area contributed by atoms with Crippen LogP contribution in [0.4, 0.5) is 0 Å².